The number of aliphatic hydroxyl groups is 4. The van der Waals surface area contributed by atoms with E-state index in [4.69, 9.17) is 18.6 Å². The van der Waals surface area contributed by atoms with Crippen LogP contribution in [-0.2, 0) is 4.74 Å². The van der Waals surface area contributed by atoms with Crippen LogP contribution in [0, 0.1) is 0 Å². The summed E-state index contributed by atoms with van der Waals surface area (Å²) < 4.78 is 22.1. The van der Waals surface area contributed by atoms with Crippen LogP contribution in [0.15, 0.2) is 45.6 Å². The van der Waals surface area contributed by atoms with E-state index in [9.17, 15) is 35.4 Å². The van der Waals surface area contributed by atoms with E-state index in [-0.39, 0.29) is 34.0 Å². The van der Waals surface area contributed by atoms with Crippen LogP contribution in [0.4, 0.5) is 0 Å². The number of methoxy groups -OCH3 is 1. The second-order valence-corrected chi connectivity index (χ2v) is 7.47. The molecule has 33 heavy (non-hydrogen) atoms. The molecule has 1 fully saturated rings. The Morgan fingerprint density at radius 2 is 1.67 bits per heavy atom. The summed E-state index contributed by atoms with van der Waals surface area (Å²) >= 11 is 0. The number of aromatic hydroxyl groups is 2. The largest absolute Gasteiger partial charge is 0.508 e. The summed E-state index contributed by atoms with van der Waals surface area (Å²) in [5.74, 6) is -0.826. The van der Waals surface area contributed by atoms with Gasteiger partial charge in [-0.15, -0.1) is 0 Å². The SMILES string of the molecule is COc1cc(O)cc2oc(-c3ccc(O)cc3)c(O[C@@H]3O[C@H](CO)[C@H](O)[C@@H](O)[C@H]3O)c(=O)c12. The molecule has 2 aromatic carbocycles. The van der Waals surface area contributed by atoms with Crippen molar-refractivity contribution >= 4 is 11.0 Å². The fourth-order valence-corrected chi connectivity index (χ4v) is 3.61. The van der Waals surface area contributed by atoms with Crippen LogP contribution >= 0.6 is 0 Å². The van der Waals surface area contributed by atoms with Gasteiger partial charge in [0.2, 0.25) is 17.5 Å². The molecule has 0 spiro atoms. The van der Waals surface area contributed by atoms with Gasteiger partial charge in [0.05, 0.1) is 13.7 Å². The van der Waals surface area contributed by atoms with E-state index < -0.39 is 48.5 Å². The van der Waals surface area contributed by atoms with Crippen molar-refractivity contribution in [2.45, 2.75) is 30.7 Å². The molecule has 1 aromatic heterocycles. The molecule has 1 saturated heterocycles. The van der Waals surface area contributed by atoms with Gasteiger partial charge in [-0.25, -0.2) is 0 Å². The van der Waals surface area contributed by atoms with Gasteiger partial charge in [-0.05, 0) is 24.3 Å². The first kappa shape index (κ1) is 22.8. The number of hydrogen-bond donors (Lipinski definition) is 6. The third-order valence-corrected chi connectivity index (χ3v) is 5.33. The lowest BCUT2D eigenvalue weighted by atomic mass is 9.99. The minimum absolute atomic E-state index is 0.00495. The number of ether oxygens (including phenoxy) is 3. The van der Waals surface area contributed by atoms with Crippen molar-refractivity contribution in [3.05, 3.63) is 46.6 Å². The smallest absolute Gasteiger partial charge is 0.239 e. The lowest BCUT2D eigenvalue weighted by Crippen LogP contribution is -2.60. The quantitative estimate of drug-likeness (QED) is 0.302. The summed E-state index contributed by atoms with van der Waals surface area (Å²) in [5.41, 5.74) is -0.470. The average Bonchev–Trinajstić information content (AvgIpc) is 2.80. The lowest BCUT2D eigenvalue weighted by molar-refractivity contribution is -0.277. The van der Waals surface area contributed by atoms with Gasteiger partial charge in [-0.2, -0.15) is 0 Å². The molecule has 2 heterocycles. The van der Waals surface area contributed by atoms with E-state index in [1.807, 2.05) is 0 Å². The highest BCUT2D eigenvalue weighted by Gasteiger charge is 2.45. The summed E-state index contributed by atoms with van der Waals surface area (Å²) in [5, 5.41) is 59.4. The molecule has 0 radical (unpaired) electrons. The Labute approximate surface area is 186 Å². The van der Waals surface area contributed by atoms with Crippen molar-refractivity contribution < 1.29 is 49.3 Å². The third kappa shape index (κ3) is 4.08. The monoisotopic (exact) mass is 462 g/mol. The predicted octanol–water partition coefficient (Wildman–Crippen LogP) is 0.0585. The second kappa shape index (κ2) is 8.89. The van der Waals surface area contributed by atoms with E-state index >= 15 is 0 Å². The molecule has 1 aliphatic heterocycles. The van der Waals surface area contributed by atoms with Crippen LogP contribution in [0.2, 0.25) is 0 Å². The molecule has 0 aliphatic carbocycles. The van der Waals surface area contributed by atoms with Crippen molar-refractivity contribution in [3.63, 3.8) is 0 Å². The fourth-order valence-electron chi connectivity index (χ4n) is 3.61. The number of hydrogen-bond acceptors (Lipinski definition) is 11. The van der Waals surface area contributed by atoms with Crippen molar-refractivity contribution in [1.82, 2.24) is 0 Å². The van der Waals surface area contributed by atoms with Gasteiger partial charge in [0.25, 0.3) is 0 Å². The fraction of sp³-hybridized carbons (Fsp3) is 0.318. The highest BCUT2D eigenvalue weighted by atomic mass is 16.7. The maximum absolute atomic E-state index is 13.5. The van der Waals surface area contributed by atoms with E-state index in [1.54, 1.807) is 0 Å². The summed E-state index contributed by atoms with van der Waals surface area (Å²) in [6.45, 7) is -0.685. The van der Waals surface area contributed by atoms with Gasteiger partial charge in [-0.1, -0.05) is 0 Å². The first-order valence-corrected chi connectivity index (χ1v) is 9.89. The second-order valence-electron chi connectivity index (χ2n) is 7.47. The van der Waals surface area contributed by atoms with Gasteiger partial charge >= 0.3 is 0 Å². The zero-order valence-electron chi connectivity index (χ0n) is 17.3. The highest BCUT2D eigenvalue weighted by Crippen LogP contribution is 2.37. The maximum atomic E-state index is 13.5. The van der Waals surface area contributed by atoms with Crippen LogP contribution < -0.4 is 14.9 Å². The Morgan fingerprint density at radius 3 is 2.30 bits per heavy atom. The highest BCUT2D eigenvalue weighted by molar-refractivity contribution is 5.88. The molecule has 0 unspecified atom stereocenters. The van der Waals surface area contributed by atoms with Crippen molar-refractivity contribution in [2.75, 3.05) is 13.7 Å². The minimum atomic E-state index is -1.77. The number of fused-ring (bicyclic) bond motifs is 1. The summed E-state index contributed by atoms with van der Waals surface area (Å²) in [7, 11) is 1.29. The van der Waals surface area contributed by atoms with E-state index in [1.165, 1.54) is 43.5 Å². The predicted molar refractivity (Wildman–Crippen MR) is 112 cm³/mol. The molecule has 11 nitrogen and oxygen atoms in total. The van der Waals surface area contributed by atoms with Crippen molar-refractivity contribution in [1.29, 1.82) is 0 Å². The van der Waals surface area contributed by atoms with Crippen LogP contribution in [0.1, 0.15) is 0 Å². The van der Waals surface area contributed by atoms with Gasteiger partial charge in [0.15, 0.2) is 5.76 Å². The number of phenols is 2. The number of aliphatic hydroxyl groups excluding tert-OH is 4. The standard InChI is InChI=1S/C22H22O11/c1-30-12-6-11(25)7-13-15(12)17(27)21(20(31-13)9-2-4-10(24)5-3-9)33-22-19(29)18(28)16(26)14(8-23)32-22/h2-7,14,16,18-19,22-26,28-29H,8H2,1H3/t14-,16+,18-,19-,22+/m1/s1. The zero-order chi connectivity index (χ0) is 23.9. The van der Waals surface area contributed by atoms with Crippen molar-refractivity contribution in [2.24, 2.45) is 0 Å². The Hall–Kier alpha value is -3.35. The molecule has 11 heteroatoms. The molecule has 6 N–H and O–H groups in total. The first-order chi connectivity index (χ1) is 15.7. The Morgan fingerprint density at radius 1 is 0.970 bits per heavy atom. The summed E-state index contributed by atoms with van der Waals surface area (Å²) in [4.78, 5) is 13.5. The molecule has 0 amide bonds. The number of benzene rings is 2. The Kier molecular flexibility index (Phi) is 6.15. The maximum Gasteiger partial charge on any atom is 0.239 e. The van der Waals surface area contributed by atoms with E-state index in [0.29, 0.717) is 5.56 Å². The first-order valence-electron chi connectivity index (χ1n) is 9.89. The van der Waals surface area contributed by atoms with Gasteiger partial charge in [0, 0.05) is 17.7 Å². The summed E-state index contributed by atoms with van der Waals surface area (Å²) in [6.07, 6.45) is -8.02. The van der Waals surface area contributed by atoms with Crippen LogP contribution in [0.3, 0.4) is 0 Å². The molecule has 0 bridgehead atoms. The molecule has 0 saturated carbocycles. The van der Waals surface area contributed by atoms with Crippen LogP contribution in [0.25, 0.3) is 22.3 Å². The molecule has 3 aromatic rings. The van der Waals surface area contributed by atoms with E-state index in [2.05, 4.69) is 0 Å². The molecule has 4 rings (SSSR count). The van der Waals surface area contributed by atoms with Gasteiger partial charge in [-0.3, -0.25) is 4.79 Å². The minimum Gasteiger partial charge on any atom is -0.508 e. The summed E-state index contributed by atoms with van der Waals surface area (Å²) in [6, 6.07) is 8.00. The zero-order valence-corrected chi connectivity index (χ0v) is 17.3. The van der Waals surface area contributed by atoms with E-state index in [0.717, 1.165) is 0 Å². The molecule has 1 aliphatic rings. The third-order valence-electron chi connectivity index (χ3n) is 5.33. The topological polar surface area (TPSA) is 179 Å². The normalized spacial score (nSPS) is 25.2. The van der Waals surface area contributed by atoms with Crippen LogP contribution in [-0.4, -0.2) is 75.1 Å². The molecular weight excluding hydrogens is 440 g/mol. The Balaban J connectivity index is 1.91. The molecular formula is C22H22O11. The van der Waals surface area contributed by atoms with Gasteiger partial charge < -0.3 is 49.3 Å². The number of rotatable bonds is 5. The molecule has 5 atom stereocenters. The Bertz CT molecular complexity index is 1200. The van der Waals surface area contributed by atoms with Crippen LogP contribution in [0.5, 0.6) is 23.0 Å². The van der Waals surface area contributed by atoms with Gasteiger partial charge in [0.1, 0.15) is 52.6 Å². The average molecular weight is 462 g/mol. The number of phenolic OH excluding ortho intramolecular Hbond substituents is 2. The molecule has 176 valence electrons. The lowest BCUT2D eigenvalue weighted by Gasteiger charge is -2.39. The van der Waals surface area contributed by atoms with Crippen molar-refractivity contribution in [3.8, 4) is 34.3 Å².